The Morgan fingerprint density at radius 3 is 2.90 bits per heavy atom. The predicted octanol–water partition coefficient (Wildman–Crippen LogP) is 1.51. The highest BCUT2D eigenvalue weighted by molar-refractivity contribution is 7.90. The van der Waals surface area contributed by atoms with Crippen LogP contribution in [0.3, 0.4) is 0 Å². The summed E-state index contributed by atoms with van der Waals surface area (Å²) >= 11 is 0. The molecule has 8 heteroatoms. The molecule has 0 amide bonds. The van der Waals surface area contributed by atoms with Crippen LogP contribution in [-0.4, -0.2) is 29.0 Å². The molecule has 0 atom stereocenters. The van der Waals surface area contributed by atoms with Gasteiger partial charge >= 0.3 is 0 Å². The van der Waals surface area contributed by atoms with Gasteiger partial charge in [0.05, 0.1) is 11.1 Å². The Kier molecular flexibility index (Phi) is 3.02. The van der Waals surface area contributed by atoms with Gasteiger partial charge in [-0.25, -0.2) is 13.4 Å². The van der Waals surface area contributed by atoms with Gasteiger partial charge in [0.1, 0.15) is 11.6 Å². The second-order valence-corrected chi connectivity index (χ2v) is 6.49. The predicted molar refractivity (Wildman–Crippen MR) is 77.0 cm³/mol. The van der Waals surface area contributed by atoms with E-state index in [1.54, 1.807) is 35.1 Å². The molecule has 0 aliphatic heterocycles. The summed E-state index contributed by atoms with van der Waals surface area (Å²) in [6, 6.07) is 6.17. The zero-order chi connectivity index (χ0) is 15.0. The summed E-state index contributed by atoms with van der Waals surface area (Å²) in [7, 11) is -3.30. The molecule has 2 heterocycles. The zero-order valence-electron chi connectivity index (χ0n) is 11.1. The Morgan fingerprint density at radius 1 is 1.33 bits per heavy atom. The number of anilines is 1. The second-order valence-electron chi connectivity index (χ2n) is 4.48. The Labute approximate surface area is 120 Å². The molecule has 2 aromatic heterocycles. The van der Waals surface area contributed by atoms with Crippen molar-refractivity contribution in [2.24, 2.45) is 0 Å². The molecule has 108 valence electrons. The highest BCUT2D eigenvalue weighted by Crippen LogP contribution is 2.26. The van der Waals surface area contributed by atoms with E-state index < -0.39 is 9.84 Å². The number of fused-ring (bicyclic) bond motifs is 1. The third-order valence-corrected chi connectivity index (χ3v) is 3.92. The molecule has 0 aliphatic carbocycles. The summed E-state index contributed by atoms with van der Waals surface area (Å²) in [6.07, 6.45) is 6.06. The summed E-state index contributed by atoms with van der Waals surface area (Å²) in [5, 5.41) is 0. The quantitative estimate of drug-likeness (QED) is 0.787. The molecule has 0 unspecified atom stereocenters. The number of nitrogens with zero attached hydrogens (tertiary/aromatic N) is 3. The van der Waals surface area contributed by atoms with Crippen molar-refractivity contribution in [2.45, 2.75) is 4.90 Å². The molecule has 0 saturated carbocycles. The van der Waals surface area contributed by atoms with Crippen LogP contribution in [0.4, 0.5) is 5.82 Å². The smallest absolute Gasteiger partial charge is 0.265 e. The van der Waals surface area contributed by atoms with E-state index in [0.717, 1.165) is 6.26 Å². The lowest BCUT2D eigenvalue weighted by atomic mass is 10.3. The number of nitrogens with two attached hydrogens (primary N) is 1. The average Bonchev–Trinajstić information content (AvgIpc) is 2.86. The fraction of sp³-hybridized carbons (Fsp3) is 0.0769. The monoisotopic (exact) mass is 304 g/mol. The molecule has 21 heavy (non-hydrogen) atoms. The van der Waals surface area contributed by atoms with Gasteiger partial charge in [0, 0.05) is 18.6 Å². The van der Waals surface area contributed by atoms with E-state index in [1.807, 2.05) is 0 Å². The fourth-order valence-corrected chi connectivity index (χ4v) is 2.53. The maximum absolute atomic E-state index is 11.6. The molecular weight excluding hydrogens is 292 g/mol. The van der Waals surface area contributed by atoms with Crippen LogP contribution in [0.5, 0.6) is 11.6 Å². The first-order valence-corrected chi connectivity index (χ1v) is 7.90. The van der Waals surface area contributed by atoms with Gasteiger partial charge in [-0.15, -0.1) is 0 Å². The number of imidazole rings is 1. The Bertz CT molecular complexity index is 918. The number of benzene rings is 1. The molecule has 2 N–H and O–H groups in total. The maximum atomic E-state index is 11.6. The first kappa shape index (κ1) is 13.4. The largest absolute Gasteiger partial charge is 0.436 e. The summed E-state index contributed by atoms with van der Waals surface area (Å²) in [5.41, 5.74) is 6.20. The molecule has 0 radical (unpaired) electrons. The third-order valence-electron chi connectivity index (χ3n) is 2.81. The molecule has 0 aliphatic rings. The minimum atomic E-state index is -3.30. The van der Waals surface area contributed by atoms with Crippen molar-refractivity contribution in [1.29, 1.82) is 0 Å². The number of rotatable bonds is 3. The maximum Gasteiger partial charge on any atom is 0.265 e. The lowest BCUT2D eigenvalue weighted by Crippen LogP contribution is -2.00. The third kappa shape index (κ3) is 2.65. The summed E-state index contributed by atoms with van der Waals surface area (Å²) in [4.78, 5) is 8.38. The van der Waals surface area contributed by atoms with Crippen molar-refractivity contribution in [3.8, 4) is 11.6 Å². The van der Waals surface area contributed by atoms with E-state index in [1.165, 1.54) is 12.1 Å². The number of aromatic nitrogens is 3. The Balaban J connectivity index is 2.05. The average molecular weight is 304 g/mol. The molecule has 3 rings (SSSR count). The highest BCUT2D eigenvalue weighted by atomic mass is 32.2. The van der Waals surface area contributed by atoms with Crippen molar-refractivity contribution in [3.63, 3.8) is 0 Å². The van der Waals surface area contributed by atoms with Gasteiger partial charge in [-0.2, -0.15) is 4.98 Å². The van der Waals surface area contributed by atoms with Gasteiger partial charge in [-0.05, 0) is 18.2 Å². The normalized spacial score (nSPS) is 11.7. The molecule has 3 aromatic rings. The summed E-state index contributed by atoms with van der Waals surface area (Å²) in [6.45, 7) is 0. The minimum Gasteiger partial charge on any atom is -0.436 e. The molecule has 0 spiro atoms. The first-order chi connectivity index (χ1) is 9.93. The topological polar surface area (TPSA) is 99.6 Å². The fourth-order valence-electron chi connectivity index (χ4n) is 1.87. The van der Waals surface area contributed by atoms with Crippen LogP contribution >= 0.6 is 0 Å². The van der Waals surface area contributed by atoms with Crippen LogP contribution in [0.25, 0.3) is 5.65 Å². The Morgan fingerprint density at radius 2 is 2.14 bits per heavy atom. The first-order valence-electron chi connectivity index (χ1n) is 6.01. The number of hydrogen-bond donors (Lipinski definition) is 1. The second kappa shape index (κ2) is 4.74. The van der Waals surface area contributed by atoms with Crippen LogP contribution in [0.2, 0.25) is 0 Å². The Hall–Kier alpha value is -2.61. The van der Waals surface area contributed by atoms with Gasteiger partial charge in [-0.3, -0.25) is 4.40 Å². The van der Waals surface area contributed by atoms with Gasteiger partial charge < -0.3 is 10.5 Å². The van der Waals surface area contributed by atoms with Crippen LogP contribution < -0.4 is 10.5 Å². The van der Waals surface area contributed by atoms with Crippen molar-refractivity contribution in [1.82, 2.24) is 14.4 Å². The van der Waals surface area contributed by atoms with Crippen molar-refractivity contribution in [2.75, 3.05) is 12.0 Å². The lowest BCUT2D eigenvalue weighted by molar-refractivity contribution is 0.464. The van der Waals surface area contributed by atoms with E-state index in [2.05, 4.69) is 9.97 Å². The van der Waals surface area contributed by atoms with Gasteiger partial charge in [0.25, 0.3) is 5.88 Å². The number of hydrogen-bond acceptors (Lipinski definition) is 6. The van der Waals surface area contributed by atoms with E-state index in [4.69, 9.17) is 10.5 Å². The van der Waals surface area contributed by atoms with E-state index in [-0.39, 0.29) is 16.6 Å². The minimum absolute atomic E-state index is 0.170. The number of ether oxygens (including phenoxy) is 1. The number of sulfone groups is 1. The summed E-state index contributed by atoms with van der Waals surface area (Å²) < 4.78 is 30.4. The van der Waals surface area contributed by atoms with Crippen LogP contribution in [-0.2, 0) is 9.84 Å². The standard InChI is InChI=1S/C13H12N4O3S/c1-21(18,19)10-4-2-3-9(7-10)20-13-12-15-5-6-17(12)8-11(14)16-13/h2-8H,14H2,1H3. The van der Waals surface area contributed by atoms with E-state index >= 15 is 0 Å². The number of nitrogen functional groups attached to an aromatic ring is 1. The van der Waals surface area contributed by atoms with Crippen LogP contribution in [0, 0.1) is 0 Å². The molecule has 1 aromatic carbocycles. The molecule has 7 nitrogen and oxygen atoms in total. The molecule has 0 saturated heterocycles. The van der Waals surface area contributed by atoms with Gasteiger partial charge in [0.2, 0.25) is 5.65 Å². The summed E-state index contributed by atoms with van der Waals surface area (Å²) in [5.74, 6) is 0.835. The SMILES string of the molecule is CS(=O)(=O)c1cccc(Oc2nc(N)cn3ccnc23)c1. The van der Waals surface area contributed by atoms with Crippen molar-refractivity contribution >= 4 is 21.3 Å². The van der Waals surface area contributed by atoms with Gasteiger partial charge in [0.15, 0.2) is 9.84 Å². The molecule has 0 fully saturated rings. The highest BCUT2D eigenvalue weighted by Gasteiger charge is 2.11. The lowest BCUT2D eigenvalue weighted by Gasteiger charge is -2.08. The van der Waals surface area contributed by atoms with Gasteiger partial charge in [-0.1, -0.05) is 6.07 Å². The van der Waals surface area contributed by atoms with Crippen molar-refractivity contribution in [3.05, 3.63) is 42.9 Å². The van der Waals surface area contributed by atoms with E-state index in [0.29, 0.717) is 11.4 Å². The zero-order valence-corrected chi connectivity index (χ0v) is 11.9. The molecule has 0 bridgehead atoms. The van der Waals surface area contributed by atoms with Crippen LogP contribution in [0.15, 0.2) is 47.8 Å². The van der Waals surface area contributed by atoms with Crippen LogP contribution in [0.1, 0.15) is 0 Å². The molecular formula is C13H12N4O3S. The van der Waals surface area contributed by atoms with E-state index in [9.17, 15) is 8.42 Å². The van der Waals surface area contributed by atoms with Crippen molar-refractivity contribution < 1.29 is 13.2 Å².